The first-order valence-electron chi connectivity index (χ1n) is 5.14. The van der Waals surface area contributed by atoms with Crippen LogP contribution in [0.5, 0.6) is 0 Å². The highest BCUT2D eigenvalue weighted by molar-refractivity contribution is 5.92. The Hall–Kier alpha value is -1.30. The zero-order valence-electron chi connectivity index (χ0n) is 10.0. The number of carbonyl (C=O) groups excluding carboxylic acids is 2. The smallest absolute Gasteiger partial charge is 0.408 e. The predicted molar refractivity (Wildman–Crippen MR) is 56.5 cm³/mol. The lowest BCUT2D eigenvalue weighted by Gasteiger charge is -2.22. The highest BCUT2D eigenvalue weighted by atomic mass is 16.6. The van der Waals surface area contributed by atoms with Crippen LogP contribution in [-0.4, -0.2) is 30.3 Å². The van der Waals surface area contributed by atoms with Crippen molar-refractivity contribution in [3.8, 4) is 0 Å². The summed E-state index contributed by atoms with van der Waals surface area (Å²) in [5, 5.41) is 2.56. The molecule has 2 amide bonds. The number of alkyl carbamates (subject to hydrolysis) is 1. The number of rotatable bonds is 3. The van der Waals surface area contributed by atoms with E-state index in [4.69, 9.17) is 4.74 Å². The molecule has 0 bridgehead atoms. The Balaban J connectivity index is 2.48. The van der Waals surface area contributed by atoms with E-state index in [2.05, 4.69) is 15.6 Å². The molecule has 0 heterocycles. The summed E-state index contributed by atoms with van der Waals surface area (Å²) in [6.07, 6.45) is 0.610. The van der Waals surface area contributed by atoms with Crippen LogP contribution in [0.15, 0.2) is 0 Å². The SMILES string of the molecule is CONC(=O)C1(NC(=O)OC(C)(C)C)CC1. The highest BCUT2D eigenvalue weighted by Crippen LogP contribution is 2.35. The summed E-state index contributed by atoms with van der Waals surface area (Å²) in [4.78, 5) is 27.5. The van der Waals surface area contributed by atoms with Crippen LogP contribution in [0, 0.1) is 0 Å². The largest absolute Gasteiger partial charge is 0.444 e. The Morgan fingerprint density at radius 1 is 1.25 bits per heavy atom. The summed E-state index contributed by atoms with van der Waals surface area (Å²) >= 11 is 0. The first kappa shape index (κ1) is 12.8. The molecule has 0 aromatic carbocycles. The van der Waals surface area contributed by atoms with Gasteiger partial charge in [-0.2, -0.15) is 0 Å². The van der Waals surface area contributed by atoms with Crippen LogP contribution in [0.3, 0.4) is 0 Å². The van der Waals surface area contributed by atoms with Crippen LogP contribution in [-0.2, 0) is 14.4 Å². The average Bonchev–Trinajstić information content (AvgIpc) is 2.82. The summed E-state index contributed by atoms with van der Waals surface area (Å²) in [6, 6.07) is 0. The van der Waals surface area contributed by atoms with Gasteiger partial charge >= 0.3 is 6.09 Å². The van der Waals surface area contributed by atoms with Crippen LogP contribution in [0.25, 0.3) is 0 Å². The topological polar surface area (TPSA) is 76.7 Å². The van der Waals surface area contributed by atoms with E-state index < -0.39 is 17.2 Å². The Bertz CT molecular complexity index is 292. The molecule has 16 heavy (non-hydrogen) atoms. The first-order chi connectivity index (χ1) is 7.29. The molecule has 92 valence electrons. The molecule has 6 nitrogen and oxygen atoms in total. The molecule has 0 aromatic heterocycles. The lowest BCUT2D eigenvalue weighted by atomic mass is 10.2. The Kier molecular flexibility index (Phi) is 3.42. The van der Waals surface area contributed by atoms with E-state index in [1.54, 1.807) is 20.8 Å². The van der Waals surface area contributed by atoms with E-state index in [0.717, 1.165) is 0 Å². The van der Waals surface area contributed by atoms with Gasteiger partial charge in [0, 0.05) is 0 Å². The molecular weight excluding hydrogens is 212 g/mol. The summed E-state index contributed by atoms with van der Waals surface area (Å²) in [6.45, 7) is 5.30. The van der Waals surface area contributed by atoms with Gasteiger partial charge in [0.1, 0.15) is 11.1 Å². The van der Waals surface area contributed by atoms with Crippen molar-refractivity contribution in [3.05, 3.63) is 0 Å². The van der Waals surface area contributed by atoms with Gasteiger partial charge in [0.15, 0.2) is 0 Å². The van der Waals surface area contributed by atoms with Crippen LogP contribution in [0.2, 0.25) is 0 Å². The molecule has 1 saturated carbocycles. The van der Waals surface area contributed by atoms with E-state index in [-0.39, 0.29) is 5.91 Å². The molecular formula is C10H18N2O4. The molecule has 0 saturated heterocycles. The Morgan fingerprint density at radius 3 is 2.19 bits per heavy atom. The lowest BCUT2D eigenvalue weighted by molar-refractivity contribution is -0.134. The second-order valence-corrected chi connectivity index (χ2v) is 4.84. The van der Waals surface area contributed by atoms with Crippen molar-refractivity contribution in [1.82, 2.24) is 10.8 Å². The zero-order valence-corrected chi connectivity index (χ0v) is 10.0. The van der Waals surface area contributed by atoms with Gasteiger partial charge < -0.3 is 10.1 Å². The Labute approximate surface area is 94.6 Å². The van der Waals surface area contributed by atoms with E-state index >= 15 is 0 Å². The Morgan fingerprint density at radius 2 is 1.81 bits per heavy atom. The maximum Gasteiger partial charge on any atom is 0.408 e. The van der Waals surface area contributed by atoms with Crippen LogP contribution in [0.4, 0.5) is 4.79 Å². The number of amides is 2. The van der Waals surface area contributed by atoms with Crippen molar-refractivity contribution in [2.45, 2.75) is 44.8 Å². The van der Waals surface area contributed by atoms with Gasteiger partial charge in [0.05, 0.1) is 7.11 Å². The van der Waals surface area contributed by atoms with Gasteiger partial charge in [-0.15, -0.1) is 0 Å². The molecule has 0 atom stereocenters. The maximum absolute atomic E-state index is 11.5. The summed E-state index contributed by atoms with van der Waals surface area (Å²) in [5.74, 6) is -0.346. The van der Waals surface area contributed by atoms with Crippen LogP contribution < -0.4 is 10.8 Å². The maximum atomic E-state index is 11.5. The van der Waals surface area contributed by atoms with Crippen LogP contribution in [0.1, 0.15) is 33.6 Å². The summed E-state index contributed by atoms with van der Waals surface area (Å²) in [7, 11) is 1.35. The molecule has 2 N–H and O–H groups in total. The van der Waals surface area contributed by atoms with Gasteiger partial charge in [0.2, 0.25) is 0 Å². The molecule has 0 radical (unpaired) electrons. The molecule has 0 unspecified atom stereocenters. The summed E-state index contributed by atoms with van der Waals surface area (Å²) in [5.41, 5.74) is 0.787. The fourth-order valence-electron chi connectivity index (χ4n) is 1.22. The number of hydroxylamine groups is 1. The van der Waals surface area contributed by atoms with Crippen molar-refractivity contribution < 1.29 is 19.2 Å². The lowest BCUT2D eigenvalue weighted by Crippen LogP contribution is -2.50. The van der Waals surface area contributed by atoms with Gasteiger partial charge in [-0.25, -0.2) is 10.3 Å². The molecule has 1 rings (SSSR count). The molecule has 1 aliphatic carbocycles. The zero-order chi connectivity index (χ0) is 12.4. The fraction of sp³-hybridized carbons (Fsp3) is 0.800. The minimum atomic E-state index is -0.849. The minimum Gasteiger partial charge on any atom is -0.444 e. The third-order valence-corrected chi connectivity index (χ3v) is 2.12. The van der Waals surface area contributed by atoms with Gasteiger partial charge in [-0.3, -0.25) is 9.63 Å². The predicted octanol–water partition coefficient (Wildman–Crippen LogP) is 0.721. The van der Waals surface area contributed by atoms with E-state index in [1.807, 2.05) is 0 Å². The van der Waals surface area contributed by atoms with E-state index in [1.165, 1.54) is 7.11 Å². The minimum absolute atomic E-state index is 0.346. The van der Waals surface area contributed by atoms with E-state index in [0.29, 0.717) is 12.8 Å². The molecule has 0 aliphatic heterocycles. The average molecular weight is 230 g/mol. The fourth-order valence-corrected chi connectivity index (χ4v) is 1.22. The number of hydrogen-bond acceptors (Lipinski definition) is 4. The van der Waals surface area contributed by atoms with Gasteiger partial charge in [0.25, 0.3) is 5.91 Å². The quantitative estimate of drug-likeness (QED) is 0.700. The summed E-state index contributed by atoms with van der Waals surface area (Å²) < 4.78 is 5.07. The van der Waals surface area contributed by atoms with Crippen molar-refractivity contribution >= 4 is 12.0 Å². The van der Waals surface area contributed by atoms with E-state index in [9.17, 15) is 9.59 Å². The number of nitrogens with one attached hydrogen (secondary N) is 2. The van der Waals surface area contributed by atoms with Gasteiger partial charge in [-0.1, -0.05) is 0 Å². The number of ether oxygens (including phenoxy) is 1. The third-order valence-electron chi connectivity index (χ3n) is 2.12. The standard InChI is InChI=1S/C10H18N2O4/c1-9(2,3)16-8(14)11-10(5-6-10)7(13)12-15-4/h5-6H2,1-4H3,(H,11,14)(H,12,13). The molecule has 1 aliphatic rings. The normalized spacial score (nSPS) is 17.5. The van der Waals surface area contributed by atoms with Crippen molar-refractivity contribution in [3.63, 3.8) is 0 Å². The first-order valence-corrected chi connectivity index (χ1v) is 5.14. The highest BCUT2D eigenvalue weighted by Gasteiger charge is 2.52. The van der Waals surface area contributed by atoms with Crippen molar-refractivity contribution in [2.75, 3.05) is 7.11 Å². The third kappa shape index (κ3) is 3.37. The van der Waals surface area contributed by atoms with Crippen molar-refractivity contribution in [2.24, 2.45) is 0 Å². The van der Waals surface area contributed by atoms with Crippen molar-refractivity contribution in [1.29, 1.82) is 0 Å². The molecule has 0 spiro atoms. The number of hydrogen-bond donors (Lipinski definition) is 2. The molecule has 6 heteroatoms. The monoisotopic (exact) mass is 230 g/mol. The number of carbonyl (C=O) groups is 2. The van der Waals surface area contributed by atoms with Gasteiger partial charge in [-0.05, 0) is 33.6 Å². The second kappa shape index (κ2) is 4.29. The molecule has 0 aromatic rings. The molecule has 1 fully saturated rings. The second-order valence-electron chi connectivity index (χ2n) is 4.84. The van der Waals surface area contributed by atoms with Crippen LogP contribution >= 0.6 is 0 Å².